The number of hydrogen-bond donors (Lipinski definition) is 7. The van der Waals surface area contributed by atoms with Gasteiger partial charge in [-0.05, 0) is 6.42 Å². The predicted octanol–water partition coefficient (Wildman–Crippen LogP) is -0.924. The van der Waals surface area contributed by atoms with Crippen molar-refractivity contribution in [2.75, 3.05) is 24.2 Å². The van der Waals surface area contributed by atoms with Crippen LogP contribution < -0.4 is 11.1 Å². The molecule has 2 aromatic heterocycles. The van der Waals surface area contributed by atoms with E-state index in [4.69, 9.17) is 20.3 Å². The summed E-state index contributed by atoms with van der Waals surface area (Å²) in [4.78, 5) is 39.0. The Bertz CT molecular complexity index is 1030. The summed E-state index contributed by atoms with van der Waals surface area (Å²) in [5, 5.41) is 23.9. The van der Waals surface area contributed by atoms with Crippen molar-refractivity contribution < 1.29 is 47.6 Å². The first-order valence-electron chi connectivity index (χ1n) is 8.91. The standard InChI is InChI=1S/C13H22N6O10P2/c1-2-3-15-13-18-7-10(14)16-5-17-11(7)19(13)12-9(21)8(20)6(28-12)4-27-31(25,26)29-30(22,23)24/h5-6,8-9,12,20-21H,2-4H2,1H3,(H,15,18)(H,25,26)(H2,14,16,17)(H2,22,23,24). The molecule has 2 aromatic rings. The van der Waals surface area contributed by atoms with E-state index in [-0.39, 0.29) is 22.9 Å². The van der Waals surface area contributed by atoms with Crippen molar-refractivity contribution in [1.82, 2.24) is 19.5 Å². The van der Waals surface area contributed by atoms with Crippen LogP contribution in [0.25, 0.3) is 11.2 Å². The molecule has 0 amide bonds. The van der Waals surface area contributed by atoms with Gasteiger partial charge in [-0.2, -0.15) is 4.31 Å². The van der Waals surface area contributed by atoms with Crippen LogP contribution in [0.4, 0.5) is 11.8 Å². The van der Waals surface area contributed by atoms with Crippen molar-refractivity contribution in [3.63, 3.8) is 0 Å². The van der Waals surface area contributed by atoms with Crippen molar-refractivity contribution in [1.29, 1.82) is 0 Å². The van der Waals surface area contributed by atoms with E-state index in [1.165, 1.54) is 10.9 Å². The number of imidazole rings is 1. The van der Waals surface area contributed by atoms with Crippen LogP contribution in [-0.2, 0) is 22.7 Å². The Balaban J connectivity index is 1.86. The van der Waals surface area contributed by atoms with Gasteiger partial charge in [0, 0.05) is 6.54 Å². The van der Waals surface area contributed by atoms with E-state index in [1.807, 2.05) is 6.92 Å². The summed E-state index contributed by atoms with van der Waals surface area (Å²) in [6.07, 6.45) is -3.86. The highest BCUT2D eigenvalue weighted by molar-refractivity contribution is 7.60. The SMILES string of the molecule is CCCNc1nc2c(N)ncnc2n1C1OC(COP(=O)(O)OP(=O)(O)O)C(O)C1O. The molecule has 0 aromatic carbocycles. The average molecular weight is 484 g/mol. The number of fused-ring (bicyclic) bond motifs is 1. The number of anilines is 2. The Morgan fingerprint density at radius 2 is 1.97 bits per heavy atom. The van der Waals surface area contributed by atoms with Crippen molar-refractivity contribution in [3.8, 4) is 0 Å². The molecule has 1 fully saturated rings. The summed E-state index contributed by atoms with van der Waals surface area (Å²) >= 11 is 0. The largest absolute Gasteiger partial charge is 0.481 e. The van der Waals surface area contributed by atoms with Gasteiger partial charge in [0.15, 0.2) is 23.2 Å². The van der Waals surface area contributed by atoms with E-state index < -0.39 is 46.8 Å². The van der Waals surface area contributed by atoms with Crippen LogP contribution in [0, 0.1) is 0 Å². The Morgan fingerprint density at radius 3 is 2.61 bits per heavy atom. The van der Waals surface area contributed by atoms with Gasteiger partial charge >= 0.3 is 15.6 Å². The average Bonchev–Trinajstić information content (AvgIpc) is 3.15. The number of nitrogens with two attached hydrogens (primary N) is 1. The summed E-state index contributed by atoms with van der Waals surface area (Å²) in [6, 6.07) is 0. The number of phosphoric ester groups is 1. The van der Waals surface area contributed by atoms with Gasteiger partial charge in [0.1, 0.15) is 24.6 Å². The zero-order chi connectivity index (χ0) is 23.0. The molecular formula is C13H22N6O10P2. The summed E-state index contributed by atoms with van der Waals surface area (Å²) in [7, 11) is -10.5. The minimum atomic E-state index is -5.31. The summed E-state index contributed by atoms with van der Waals surface area (Å²) in [5.41, 5.74) is 6.26. The van der Waals surface area contributed by atoms with Gasteiger partial charge in [-0.15, -0.1) is 0 Å². The highest BCUT2D eigenvalue weighted by Gasteiger charge is 2.46. The lowest BCUT2D eigenvalue weighted by atomic mass is 10.1. The van der Waals surface area contributed by atoms with Gasteiger partial charge in [-0.3, -0.25) is 9.09 Å². The molecule has 0 saturated carbocycles. The lowest BCUT2D eigenvalue weighted by Crippen LogP contribution is -2.33. The smallest absolute Gasteiger partial charge is 0.387 e. The van der Waals surface area contributed by atoms with Crippen molar-refractivity contribution >= 4 is 38.6 Å². The van der Waals surface area contributed by atoms with Crippen LogP contribution in [-0.4, -0.2) is 75.9 Å². The third-order valence-corrected chi connectivity index (χ3v) is 6.39. The van der Waals surface area contributed by atoms with Crippen LogP contribution in [0.5, 0.6) is 0 Å². The van der Waals surface area contributed by atoms with Crippen molar-refractivity contribution in [2.24, 2.45) is 0 Å². The van der Waals surface area contributed by atoms with Gasteiger partial charge in [-0.25, -0.2) is 24.1 Å². The molecule has 0 spiro atoms. The van der Waals surface area contributed by atoms with E-state index in [9.17, 15) is 24.2 Å². The maximum Gasteiger partial charge on any atom is 0.481 e. The second-order valence-electron chi connectivity index (χ2n) is 6.55. The third kappa shape index (κ3) is 5.38. The molecule has 0 aliphatic carbocycles. The lowest BCUT2D eigenvalue weighted by Gasteiger charge is -2.19. The molecule has 3 rings (SSSR count). The van der Waals surface area contributed by atoms with Gasteiger partial charge in [-0.1, -0.05) is 6.92 Å². The van der Waals surface area contributed by atoms with E-state index >= 15 is 0 Å². The molecule has 0 bridgehead atoms. The molecule has 16 nitrogen and oxygen atoms in total. The number of nitrogen functional groups attached to an aromatic ring is 1. The minimum absolute atomic E-state index is 0.0759. The summed E-state index contributed by atoms with van der Waals surface area (Å²) in [5.74, 6) is 0.298. The minimum Gasteiger partial charge on any atom is -0.387 e. The molecule has 0 radical (unpaired) electrons. The number of nitrogens with one attached hydrogen (secondary N) is 1. The van der Waals surface area contributed by atoms with Crippen LogP contribution in [0.15, 0.2) is 6.33 Å². The van der Waals surface area contributed by atoms with Crippen LogP contribution in [0.2, 0.25) is 0 Å². The van der Waals surface area contributed by atoms with Gasteiger partial charge in [0.05, 0.1) is 6.61 Å². The highest BCUT2D eigenvalue weighted by Crippen LogP contribution is 2.57. The number of hydrogen-bond acceptors (Lipinski definition) is 12. The molecule has 18 heteroatoms. The molecule has 1 saturated heterocycles. The fraction of sp³-hybridized carbons (Fsp3) is 0.615. The molecule has 5 atom stereocenters. The maximum absolute atomic E-state index is 11.6. The zero-order valence-electron chi connectivity index (χ0n) is 16.0. The highest BCUT2D eigenvalue weighted by atomic mass is 31.3. The fourth-order valence-corrected chi connectivity index (χ4v) is 4.53. The quantitative estimate of drug-likeness (QED) is 0.213. The van der Waals surface area contributed by atoms with Gasteiger partial charge in [0.2, 0.25) is 5.95 Å². The molecule has 3 heterocycles. The normalized spacial score (nSPS) is 26.3. The Morgan fingerprint density at radius 1 is 1.26 bits per heavy atom. The molecule has 5 unspecified atom stereocenters. The number of aromatic nitrogens is 4. The number of nitrogens with zero attached hydrogens (tertiary/aromatic N) is 4. The molecule has 174 valence electrons. The monoisotopic (exact) mass is 484 g/mol. The lowest BCUT2D eigenvalue weighted by molar-refractivity contribution is -0.0493. The first-order valence-corrected chi connectivity index (χ1v) is 11.9. The fourth-order valence-electron chi connectivity index (χ4n) is 2.93. The Hall–Kier alpha value is -1.71. The molecule has 31 heavy (non-hydrogen) atoms. The topological polar surface area (TPSA) is 245 Å². The van der Waals surface area contributed by atoms with Gasteiger partial charge in [0.25, 0.3) is 0 Å². The molecular weight excluding hydrogens is 462 g/mol. The number of phosphoric acid groups is 2. The van der Waals surface area contributed by atoms with Crippen molar-refractivity contribution in [2.45, 2.75) is 37.9 Å². The number of aliphatic hydroxyl groups is 2. The Kier molecular flexibility index (Phi) is 6.98. The summed E-state index contributed by atoms with van der Waals surface area (Å²) < 4.78 is 37.5. The van der Waals surface area contributed by atoms with Crippen LogP contribution in [0.3, 0.4) is 0 Å². The Labute approximate surface area is 174 Å². The predicted molar refractivity (Wildman–Crippen MR) is 103 cm³/mol. The second-order valence-corrected chi connectivity index (χ2v) is 9.38. The zero-order valence-corrected chi connectivity index (χ0v) is 17.8. The van der Waals surface area contributed by atoms with Crippen LogP contribution in [0.1, 0.15) is 19.6 Å². The summed E-state index contributed by atoms with van der Waals surface area (Å²) in [6.45, 7) is 1.59. The van der Waals surface area contributed by atoms with E-state index in [0.717, 1.165) is 6.42 Å². The number of rotatable bonds is 9. The van der Waals surface area contributed by atoms with Crippen molar-refractivity contribution in [3.05, 3.63) is 6.33 Å². The van der Waals surface area contributed by atoms with Gasteiger partial charge < -0.3 is 40.7 Å². The maximum atomic E-state index is 11.6. The second kappa shape index (κ2) is 9.03. The van der Waals surface area contributed by atoms with E-state index in [0.29, 0.717) is 6.54 Å². The molecule has 1 aliphatic heterocycles. The first-order chi connectivity index (χ1) is 14.4. The van der Waals surface area contributed by atoms with E-state index in [1.54, 1.807) is 0 Å². The first kappa shape index (κ1) is 23.9. The molecule has 1 aliphatic rings. The molecule has 8 N–H and O–H groups in total. The van der Waals surface area contributed by atoms with Crippen LogP contribution >= 0.6 is 15.6 Å². The number of ether oxygens (including phenoxy) is 1. The van der Waals surface area contributed by atoms with E-state index in [2.05, 4.69) is 29.1 Å². The number of aliphatic hydroxyl groups excluding tert-OH is 2. The third-order valence-electron chi connectivity index (χ3n) is 4.24.